The van der Waals surface area contributed by atoms with Gasteiger partial charge in [0, 0.05) is 37.2 Å². The second-order valence-electron chi connectivity index (χ2n) is 5.39. The SMILES string of the molecule is CC1CN(C(=O)O)C1n1cc2c(Cl)nn(C)c(=O)c2cc1=O. The van der Waals surface area contributed by atoms with Crippen molar-refractivity contribution in [2.24, 2.45) is 13.0 Å². The van der Waals surface area contributed by atoms with Crippen LogP contribution >= 0.6 is 11.6 Å². The number of carbonyl (C=O) groups is 1. The van der Waals surface area contributed by atoms with Gasteiger partial charge in [-0.25, -0.2) is 9.48 Å². The Kier molecular flexibility index (Phi) is 3.21. The molecule has 22 heavy (non-hydrogen) atoms. The summed E-state index contributed by atoms with van der Waals surface area (Å²) in [7, 11) is 1.44. The van der Waals surface area contributed by atoms with Crippen molar-refractivity contribution in [1.29, 1.82) is 0 Å². The number of amides is 1. The first kappa shape index (κ1) is 14.6. The molecule has 0 saturated carbocycles. The largest absolute Gasteiger partial charge is 0.465 e. The van der Waals surface area contributed by atoms with Crippen LogP contribution in [0.4, 0.5) is 4.79 Å². The molecule has 1 N–H and O–H groups in total. The zero-order chi connectivity index (χ0) is 16.2. The van der Waals surface area contributed by atoms with Crippen molar-refractivity contribution in [3.05, 3.63) is 38.1 Å². The van der Waals surface area contributed by atoms with Crippen LogP contribution in [-0.4, -0.2) is 37.0 Å². The lowest BCUT2D eigenvalue weighted by Gasteiger charge is -2.45. The first-order valence-corrected chi connectivity index (χ1v) is 6.97. The van der Waals surface area contributed by atoms with Gasteiger partial charge in [0.1, 0.15) is 6.17 Å². The zero-order valence-corrected chi connectivity index (χ0v) is 12.6. The van der Waals surface area contributed by atoms with Crippen LogP contribution in [0.1, 0.15) is 13.1 Å². The molecule has 0 spiro atoms. The standard InChI is InChI=1S/C13H13ClN4O4/c1-6-4-18(13(21)22)11(6)17-5-8-7(3-9(17)19)12(20)16(2)15-10(8)14/h3,5-6,11H,4H2,1-2H3,(H,21,22). The molecule has 1 aliphatic heterocycles. The van der Waals surface area contributed by atoms with Crippen LogP contribution in [0.5, 0.6) is 0 Å². The number of rotatable bonds is 1. The summed E-state index contributed by atoms with van der Waals surface area (Å²) >= 11 is 6.04. The Labute approximate surface area is 129 Å². The number of halogens is 1. The lowest BCUT2D eigenvalue weighted by molar-refractivity contribution is -0.0119. The van der Waals surface area contributed by atoms with Crippen LogP contribution in [-0.2, 0) is 7.05 Å². The van der Waals surface area contributed by atoms with Crippen molar-refractivity contribution in [2.75, 3.05) is 6.54 Å². The normalized spacial score (nSPS) is 21.0. The number of hydrogen-bond donors (Lipinski definition) is 1. The minimum Gasteiger partial charge on any atom is -0.465 e. The summed E-state index contributed by atoms with van der Waals surface area (Å²) in [6.45, 7) is 2.21. The fourth-order valence-corrected chi connectivity index (χ4v) is 3.06. The Balaban J connectivity index is 2.25. The molecule has 1 aliphatic rings. The molecule has 0 aromatic carbocycles. The van der Waals surface area contributed by atoms with E-state index in [-0.39, 0.29) is 16.5 Å². The van der Waals surface area contributed by atoms with Gasteiger partial charge in [0.25, 0.3) is 11.1 Å². The number of aryl methyl sites for hydroxylation is 1. The smallest absolute Gasteiger partial charge is 0.408 e. The maximum absolute atomic E-state index is 12.3. The fraction of sp³-hybridized carbons (Fsp3) is 0.385. The van der Waals surface area contributed by atoms with Gasteiger partial charge in [0.2, 0.25) is 0 Å². The van der Waals surface area contributed by atoms with Gasteiger partial charge in [-0.15, -0.1) is 0 Å². The summed E-state index contributed by atoms with van der Waals surface area (Å²) in [5, 5.41) is 13.6. The number of fused-ring (bicyclic) bond motifs is 1. The molecule has 1 amide bonds. The van der Waals surface area contributed by atoms with Gasteiger partial charge in [-0.3, -0.25) is 19.1 Å². The highest BCUT2D eigenvalue weighted by atomic mass is 35.5. The highest BCUT2D eigenvalue weighted by Gasteiger charge is 2.41. The second-order valence-corrected chi connectivity index (χ2v) is 5.75. The average molecular weight is 325 g/mol. The second kappa shape index (κ2) is 4.84. The van der Waals surface area contributed by atoms with Gasteiger partial charge in [-0.1, -0.05) is 18.5 Å². The van der Waals surface area contributed by atoms with E-state index < -0.39 is 23.4 Å². The van der Waals surface area contributed by atoms with E-state index in [1.807, 2.05) is 6.92 Å². The predicted molar refractivity (Wildman–Crippen MR) is 79.2 cm³/mol. The highest BCUT2D eigenvalue weighted by molar-refractivity contribution is 6.34. The topological polar surface area (TPSA) is 97.4 Å². The van der Waals surface area contributed by atoms with E-state index in [1.165, 1.54) is 28.8 Å². The van der Waals surface area contributed by atoms with E-state index in [0.29, 0.717) is 11.9 Å². The summed E-state index contributed by atoms with van der Waals surface area (Å²) in [5.41, 5.74) is -0.880. The molecule has 2 aromatic rings. The molecule has 2 aromatic heterocycles. The predicted octanol–water partition coefficient (Wildman–Crippen LogP) is 0.877. The van der Waals surface area contributed by atoms with Gasteiger partial charge in [-0.2, -0.15) is 5.10 Å². The molecular formula is C13H13ClN4O4. The quantitative estimate of drug-likeness (QED) is 0.839. The average Bonchev–Trinajstić information content (AvgIpc) is 2.43. The minimum absolute atomic E-state index is 0.00969. The number of carboxylic acid groups (broad SMARTS) is 1. The van der Waals surface area contributed by atoms with Crippen LogP contribution in [0, 0.1) is 5.92 Å². The molecule has 0 radical (unpaired) electrons. The van der Waals surface area contributed by atoms with Crippen LogP contribution in [0.25, 0.3) is 10.8 Å². The molecule has 2 unspecified atom stereocenters. The summed E-state index contributed by atoms with van der Waals surface area (Å²) < 4.78 is 2.35. The van der Waals surface area contributed by atoms with Crippen molar-refractivity contribution in [1.82, 2.24) is 19.2 Å². The summed E-state index contributed by atoms with van der Waals surface area (Å²) in [6.07, 6.45) is -0.289. The fourth-order valence-electron chi connectivity index (χ4n) is 2.80. The molecule has 8 nitrogen and oxygen atoms in total. The first-order chi connectivity index (χ1) is 10.3. The number of nitrogens with zero attached hydrogens (tertiary/aromatic N) is 4. The van der Waals surface area contributed by atoms with Gasteiger partial charge >= 0.3 is 6.09 Å². The van der Waals surface area contributed by atoms with Crippen LogP contribution in [0.15, 0.2) is 21.9 Å². The highest BCUT2D eigenvalue weighted by Crippen LogP contribution is 2.33. The van der Waals surface area contributed by atoms with Crippen molar-refractivity contribution in [3.8, 4) is 0 Å². The third-order valence-electron chi connectivity index (χ3n) is 3.91. The Morgan fingerprint density at radius 1 is 1.41 bits per heavy atom. The van der Waals surface area contributed by atoms with Gasteiger partial charge in [0.05, 0.1) is 5.39 Å². The number of aromatic nitrogens is 3. The molecular weight excluding hydrogens is 312 g/mol. The number of likely N-dealkylation sites (tertiary alicyclic amines) is 1. The van der Waals surface area contributed by atoms with Crippen LogP contribution < -0.4 is 11.1 Å². The van der Waals surface area contributed by atoms with E-state index >= 15 is 0 Å². The summed E-state index contributed by atoms with van der Waals surface area (Å²) in [6, 6.07) is 1.18. The van der Waals surface area contributed by atoms with Crippen molar-refractivity contribution in [2.45, 2.75) is 13.1 Å². The van der Waals surface area contributed by atoms with Crippen LogP contribution in [0.2, 0.25) is 5.15 Å². The number of pyridine rings is 1. The first-order valence-electron chi connectivity index (χ1n) is 6.59. The van der Waals surface area contributed by atoms with Crippen LogP contribution in [0.3, 0.4) is 0 Å². The van der Waals surface area contributed by atoms with E-state index in [4.69, 9.17) is 16.7 Å². The van der Waals surface area contributed by atoms with Gasteiger partial charge < -0.3 is 5.11 Å². The van der Waals surface area contributed by atoms with Gasteiger partial charge in [-0.05, 0) is 0 Å². The number of hydrogen-bond acceptors (Lipinski definition) is 4. The summed E-state index contributed by atoms with van der Waals surface area (Å²) in [5.74, 6) is -0.00969. The molecule has 1 fully saturated rings. The molecule has 1 saturated heterocycles. The molecule has 3 rings (SSSR count). The van der Waals surface area contributed by atoms with E-state index in [1.54, 1.807) is 0 Å². The van der Waals surface area contributed by atoms with Crippen molar-refractivity contribution in [3.63, 3.8) is 0 Å². The molecule has 0 aliphatic carbocycles. The third-order valence-corrected chi connectivity index (χ3v) is 4.19. The van der Waals surface area contributed by atoms with E-state index in [9.17, 15) is 14.4 Å². The lowest BCUT2D eigenvalue weighted by atomic mass is 9.97. The van der Waals surface area contributed by atoms with Gasteiger partial charge in [0.15, 0.2) is 5.15 Å². The lowest BCUT2D eigenvalue weighted by Crippen LogP contribution is -2.55. The molecule has 2 atom stereocenters. The van der Waals surface area contributed by atoms with E-state index in [0.717, 1.165) is 4.68 Å². The Morgan fingerprint density at radius 3 is 2.68 bits per heavy atom. The maximum Gasteiger partial charge on any atom is 0.408 e. The molecule has 116 valence electrons. The Morgan fingerprint density at radius 2 is 2.09 bits per heavy atom. The third kappa shape index (κ3) is 1.98. The molecule has 0 bridgehead atoms. The Hall–Kier alpha value is -2.35. The minimum atomic E-state index is -1.09. The van der Waals surface area contributed by atoms with Crippen molar-refractivity contribution >= 4 is 28.5 Å². The zero-order valence-electron chi connectivity index (χ0n) is 11.9. The molecule has 3 heterocycles. The van der Waals surface area contributed by atoms with E-state index in [2.05, 4.69) is 5.10 Å². The summed E-state index contributed by atoms with van der Waals surface area (Å²) in [4.78, 5) is 36.6. The maximum atomic E-state index is 12.3. The Bertz CT molecular complexity index is 903. The monoisotopic (exact) mass is 324 g/mol. The van der Waals surface area contributed by atoms with Crippen molar-refractivity contribution < 1.29 is 9.90 Å². The molecule has 9 heteroatoms.